The van der Waals surface area contributed by atoms with Crippen molar-refractivity contribution in [3.63, 3.8) is 0 Å². The number of nitrogens with one attached hydrogen (secondary N) is 1. The van der Waals surface area contributed by atoms with Crippen molar-refractivity contribution < 1.29 is 19.1 Å². The highest BCUT2D eigenvalue weighted by atomic mass is 35.5. The molecule has 0 aliphatic rings. The van der Waals surface area contributed by atoms with Crippen molar-refractivity contribution in [2.45, 2.75) is 13.3 Å². The van der Waals surface area contributed by atoms with Crippen LogP contribution >= 0.6 is 11.6 Å². The molecule has 0 unspecified atom stereocenters. The van der Waals surface area contributed by atoms with Gasteiger partial charge in [-0.3, -0.25) is 9.59 Å². The zero-order valence-corrected chi connectivity index (χ0v) is 19.2. The summed E-state index contributed by atoms with van der Waals surface area (Å²) in [5, 5.41) is 4.39. The topological polar surface area (TPSA) is 82.4 Å². The molecule has 0 bridgehead atoms. The van der Waals surface area contributed by atoms with E-state index in [4.69, 9.17) is 21.1 Å². The number of benzene rings is 2. The lowest BCUT2D eigenvalue weighted by atomic mass is 10.1. The summed E-state index contributed by atoms with van der Waals surface area (Å²) >= 11 is 6.30. The number of carbonyl (C=O) groups is 2. The number of halogens is 1. The van der Waals surface area contributed by atoms with Crippen LogP contribution in [0, 0.1) is 0 Å². The summed E-state index contributed by atoms with van der Waals surface area (Å²) in [4.78, 5) is 28.5. The number of esters is 1. The number of carbonyl (C=O) groups excluding carboxylic acids is 2. The zero-order chi connectivity index (χ0) is 24.0. The van der Waals surface area contributed by atoms with Crippen molar-refractivity contribution in [2.24, 2.45) is 7.05 Å². The van der Waals surface area contributed by atoms with E-state index < -0.39 is 0 Å². The van der Waals surface area contributed by atoms with Gasteiger partial charge in [-0.15, -0.1) is 0 Å². The van der Waals surface area contributed by atoms with Crippen LogP contribution in [0.5, 0.6) is 11.5 Å². The summed E-state index contributed by atoms with van der Waals surface area (Å²) in [6, 6.07) is 12.0. The Kier molecular flexibility index (Phi) is 7.69. The highest BCUT2D eigenvalue weighted by Crippen LogP contribution is 2.31. The molecule has 0 radical (unpaired) electrons. The van der Waals surface area contributed by atoms with Gasteiger partial charge in [0.2, 0.25) is 0 Å². The Labute approximate surface area is 196 Å². The first-order valence-corrected chi connectivity index (χ1v) is 10.6. The maximum absolute atomic E-state index is 12.6. The summed E-state index contributed by atoms with van der Waals surface area (Å²) in [5.74, 6) is 0.547. The molecule has 1 N–H and O–H groups in total. The van der Waals surface area contributed by atoms with Gasteiger partial charge in [-0.05, 0) is 55.0 Å². The number of ether oxygens (including phenoxy) is 2. The van der Waals surface area contributed by atoms with Crippen LogP contribution in [0.15, 0.2) is 55.1 Å². The minimum atomic E-state index is -0.361. The molecule has 0 atom stereocenters. The minimum Gasteiger partial charge on any atom is -0.466 e. The first-order valence-electron chi connectivity index (χ1n) is 10.2. The van der Waals surface area contributed by atoms with E-state index in [1.165, 1.54) is 0 Å². The molecular weight excluding hydrogens is 442 g/mol. The van der Waals surface area contributed by atoms with Gasteiger partial charge in [-0.25, -0.2) is 4.98 Å². The third-order valence-corrected chi connectivity index (χ3v) is 4.98. The van der Waals surface area contributed by atoms with Crippen molar-refractivity contribution in [1.82, 2.24) is 9.55 Å². The number of hydrogen-bond donors (Lipinski definition) is 1. The predicted octanol–water partition coefficient (Wildman–Crippen LogP) is 3.60. The summed E-state index contributed by atoms with van der Waals surface area (Å²) in [5.41, 5.74) is 1.31. The monoisotopic (exact) mass is 465 g/mol. The van der Waals surface area contributed by atoms with Gasteiger partial charge in [0.15, 0.2) is 5.82 Å². The first kappa shape index (κ1) is 23.8. The molecule has 170 valence electrons. The van der Waals surface area contributed by atoms with Crippen LogP contribution in [-0.4, -0.2) is 28.0 Å². The van der Waals surface area contributed by atoms with Crippen molar-refractivity contribution >= 4 is 41.8 Å². The van der Waals surface area contributed by atoms with Crippen LogP contribution in [0.3, 0.4) is 0 Å². The third kappa shape index (κ3) is 5.90. The Morgan fingerprint density at radius 3 is 2.58 bits per heavy atom. The van der Waals surface area contributed by atoms with E-state index >= 15 is 0 Å². The molecule has 0 aliphatic heterocycles. The van der Waals surface area contributed by atoms with Crippen molar-refractivity contribution in [1.29, 1.82) is 0 Å². The number of rotatable bonds is 8. The molecule has 3 rings (SSSR count). The maximum atomic E-state index is 12.6. The van der Waals surface area contributed by atoms with Crippen LogP contribution in [0.2, 0.25) is 5.02 Å². The fraction of sp³-hybridized carbons (Fsp3) is 0.160. The molecule has 3 aromatic rings. The van der Waals surface area contributed by atoms with E-state index in [2.05, 4.69) is 23.5 Å². The Hall–Kier alpha value is -3.84. The van der Waals surface area contributed by atoms with Gasteiger partial charge in [0.1, 0.15) is 11.5 Å². The van der Waals surface area contributed by atoms with Gasteiger partial charge in [0.05, 0.1) is 28.7 Å². The van der Waals surface area contributed by atoms with Crippen LogP contribution < -0.4 is 20.8 Å². The number of allylic oxidation sites excluding steroid dienone is 1. The molecule has 2 aromatic carbocycles. The average Bonchev–Trinajstić information content (AvgIpc) is 3.06. The SMILES string of the molecule is C=C/C=c1\c(=C)nc(C(=O)Nc2ccc(Oc3ccc(CC(=O)OCC)cc3Cl)cc2)n1C. The fourth-order valence-corrected chi connectivity index (χ4v) is 3.37. The zero-order valence-electron chi connectivity index (χ0n) is 18.4. The average molecular weight is 466 g/mol. The molecule has 0 saturated carbocycles. The third-order valence-electron chi connectivity index (χ3n) is 4.68. The van der Waals surface area contributed by atoms with Crippen LogP contribution in [0.4, 0.5) is 5.69 Å². The molecule has 1 aromatic heterocycles. The van der Waals surface area contributed by atoms with Crippen molar-refractivity contribution in [2.75, 3.05) is 11.9 Å². The largest absolute Gasteiger partial charge is 0.466 e. The van der Waals surface area contributed by atoms with E-state index in [0.29, 0.717) is 39.5 Å². The summed E-state index contributed by atoms with van der Waals surface area (Å²) in [7, 11) is 1.74. The van der Waals surface area contributed by atoms with Crippen LogP contribution in [0.1, 0.15) is 23.1 Å². The standard InChI is InChI=1S/C25H24ClN3O4/c1-5-7-21-16(3)27-24(29(21)4)25(31)28-18-9-11-19(12-10-18)33-22-13-8-17(14-20(22)26)15-23(30)32-6-2/h5,7-14H,1,3,6,15H2,2,4H3,(H,28,31)/b21-7+. The Morgan fingerprint density at radius 1 is 1.21 bits per heavy atom. The summed E-state index contributed by atoms with van der Waals surface area (Å²) < 4.78 is 12.4. The lowest BCUT2D eigenvalue weighted by molar-refractivity contribution is -0.142. The number of nitrogens with zero attached hydrogens (tertiary/aromatic N) is 2. The van der Waals surface area contributed by atoms with Crippen molar-refractivity contribution in [3.8, 4) is 11.5 Å². The minimum absolute atomic E-state index is 0.140. The van der Waals surface area contributed by atoms with Gasteiger partial charge in [0.25, 0.3) is 5.91 Å². The van der Waals surface area contributed by atoms with Crippen molar-refractivity contribution in [3.05, 3.63) is 82.2 Å². The van der Waals surface area contributed by atoms with E-state index in [-0.39, 0.29) is 24.1 Å². The van der Waals surface area contributed by atoms with Gasteiger partial charge < -0.3 is 19.4 Å². The Balaban J connectivity index is 1.67. The lowest BCUT2D eigenvalue weighted by Crippen LogP contribution is -2.27. The molecule has 7 nitrogen and oxygen atoms in total. The van der Waals surface area contributed by atoms with E-state index in [0.717, 1.165) is 5.56 Å². The molecule has 1 heterocycles. The lowest BCUT2D eigenvalue weighted by Gasteiger charge is -2.10. The predicted molar refractivity (Wildman–Crippen MR) is 129 cm³/mol. The van der Waals surface area contributed by atoms with Gasteiger partial charge in [-0.1, -0.05) is 36.9 Å². The Morgan fingerprint density at radius 2 is 1.94 bits per heavy atom. The normalized spacial score (nSPS) is 11.2. The first-order chi connectivity index (χ1) is 15.8. The highest BCUT2D eigenvalue weighted by Gasteiger charge is 2.14. The molecule has 0 spiro atoms. The van der Waals surface area contributed by atoms with E-state index in [9.17, 15) is 9.59 Å². The smallest absolute Gasteiger partial charge is 0.310 e. The molecule has 0 aliphatic carbocycles. The summed E-state index contributed by atoms with van der Waals surface area (Å²) in [6.07, 6.45) is 3.50. The number of anilines is 1. The summed E-state index contributed by atoms with van der Waals surface area (Å²) in [6.45, 7) is 9.61. The highest BCUT2D eigenvalue weighted by molar-refractivity contribution is 6.32. The molecule has 33 heavy (non-hydrogen) atoms. The second-order valence-corrected chi connectivity index (χ2v) is 7.46. The van der Waals surface area contributed by atoms with Crippen LogP contribution in [0.25, 0.3) is 12.7 Å². The maximum Gasteiger partial charge on any atom is 0.310 e. The second kappa shape index (κ2) is 10.7. The van der Waals surface area contributed by atoms with E-state index in [1.807, 2.05) is 0 Å². The molecule has 0 saturated heterocycles. The van der Waals surface area contributed by atoms with Crippen LogP contribution in [-0.2, 0) is 23.0 Å². The molecule has 1 amide bonds. The number of hydrogen-bond acceptors (Lipinski definition) is 5. The fourth-order valence-electron chi connectivity index (χ4n) is 3.13. The Bertz CT molecular complexity index is 1300. The van der Waals surface area contributed by atoms with Gasteiger partial charge in [0, 0.05) is 12.7 Å². The number of aromatic nitrogens is 2. The molecular formula is C25H24ClN3O4. The quantitative estimate of drug-likeness (QED) is 0.514. The molecule has 8 heteroatoms. The second-order valence-electron chi connectivity index (χ2n) is 7.06. The number of amides is 1. The molecule has 0 fully saturated rings. The van der Waals surface area contributed by atoms with Gasteiger partial charge >= 0.3 is 5.97 Å². The van der Waals surface area contributed by atoms with E-state index in [1.54, 1.807) is 73.2 Å². The number of imidazole rings is 1. The van der Waals surface area contributed by atoms with Gasteiger partial charge in [-0.2, -0.15) is 0 Å².